The van der Waals surface area contributed by atoms with E-state index in [9.17, 15) is 54.3 Å². The third-order valence-electron chi connectivity index (χ3n) is 10.9. The highest BCUT2D eigenvalue weighted by Crippen LogP contribution is 2.40. The van der Waals surface area contributed by atoms with Crippen LogP contribution in [0.3, 0.4) is 0 Å². The molecule has 2 aliphatic carbocycles. The van der Waals surface area contributed by atoms with Crippen LogP contribution in [0.25, 0.3) is 0 Å². The Balaban J connectivity index is 1.21. The molecule has 6 N–H and O–H groups in total. The number of nitrogens with one attached hydrogen (secondary N) is 2. The molecule has 2 heterocycles. The molecule has 0 radical (unpaired) electrons. The van der Waals surface area contributed by atoms with Crippen LogP contribution < -0.4 is 31.6 Å². The van der Waals surface area contributed by atoms with Gasteiger partial charge in [-0.25, -0.2) is 27.5 Å². The zero-order valence-corrected chi connectivity index (χ0v) is 32.7. The summed E-state index contributed by atoms with van der Waals surface area (Å²) in [7, 11) is 0. The molecule has 4 aromatic rings. The number of aromatic nitrogens is 2. The molecule has 12 nitrogen and oxygen atoms in total. The standard InChI is InChI=1S/C42H40F8N6O6/c43-24-14-25(44)36(48)39(35(24)47)61-17-31(57)29(10-19-8-9-33(51)53-16-19)56-42(60)23-7-3-6-22(23)28-11-20(13-34(52)54-28)12-30(55-41(59)21-4-1-2-5-21)32(58)18-62-40-37(49)26(45)15-27(46)38(40)50/h8-9,11,13-16,21-23,29-30H,1-7,10,12,17-18H2,(H2,51,53)(H2,52,54)(H,55,59)(H,56,60). The average Bonchev–Trinajstić information content (AvgIpc) is 3.96. The quantitative estimate of drug-likeness (QED) is 0.0737. The topological polar surface area (TPSA) is 189 Å². The maximum Gasteiger partial charge on any atom is 0.224 e. The molecule has 6 rings (SSSR count). The molecule has 20 heteroatoms. The second-order valence-corrected chi connectivity index (χ2v) is 15.2. The number of carbonyl (C=O) groups is 4. The van der Waals surface area contributed by atoms with Crippen molar-refractivity contribution in [3.63, 3.8) is 0 Å². The first kappa shape index (κ1) is 45.2. The van der Waals surface area contributed by atoms with Gasteiger partial charge < -0.3 is 31.6 Å². The van der Waals surface area contributed by atoms with Gasteiger partial charge in [0.2, 0.25) is 35.1 Å². The van der Waals surface area contributed by atoms with Crippen LogP contribution in [0.5, 0.6) is 11.5 Å². The summed E-state index contributed by atoms with van der Waals surface area (Å²) in [6.45, 7) is -2.20. The van der Waals surface area contributed by atoms with Gasteiger partial charge >= 0.3 is 0 Å². The number of anilines is 2. The van der Waals surface area contributed by atoms with Crippen LogP contribution in [-0.4, -0.2) is 58.6 Å². The minimum atomic E-state index is -1.87. The lowest BCUT2D eigenvalue weighted by Crippen LogP contribution is -2.47. The van der Waals surface area contributed by atoms with Crippen LogP contribution in [-0.2, 0) is 32.0 Å². The highest BCUT2D eigenvalue weighted by atomic mass is 19.2. The predicted octanol–water partition coefficient (Wildman–Crippen LogP) is 5.88. The second kappa shape index (κ2) is 19.6. The number of nitrogens with two attached hydrogens (primary N) is 2. The lowest BCUT2D eigenvalue weighted by molar-refractivity contribution is -0.131. The van der Waals surface area contributed by atoms with E-state index in [0.717, 1.165) is 12.8 Å². The molecule has 0 aliphatic heterocycles. The number of benzene rings is 2. The van der Waals surface area contributed by atoms with E-state index in [2.05, 4.69) is 20.6 Å². The number of hydrogen-bond donors (Lipinski definition) is 4. The third-order valence-corrected chi connectivity index (χ3v) is 10.9. The van der Waals surface area contributed by atoms with Crippen molar-refractivity contribution < 1.29 is 63.8 Å². The number of carbonyl (C=O) groups excluding carboxylic acids is 4. The van der Waals surface area contributed by atoms with Gasteiger partial charge in [-0.05, 0) is 55.0 Å². The Hall–Kier alpha value is -6.34. The summed E-state index contributed by atoms with van der Waals surface area (Å²) in [5.41, 5.74) is 12.9. The molecule has 4 unspecified atom stereocenters. The number of ketones is 2. The minimum absolute atomic E-state index is 0.0197. The molecular weight excluding hydrogens is 836 g/mol. The van der Waals surface area contributed by atoms with E-state index in [0.29, 0.717) is 48.9 Å². The summed E-state index contributed by atoms with van der Waals surface area (Å²) in [5.74, 6) is -22.1. The van der Waals surface area contributed by atoms with Crippen LogP contribution in [0.4, 0.5) is 46.8 Å². The fourth-order valence-electron chi connectivity index (χ4n) is 7.69. The summed E-state index contributed by atoms with van der Waals surface area (Å²) in [6, 6.07) is 3.07. The maximum atomic E-state index is 14.3. The van der Waals surface area contributed by atoms with Crippen molar-refractivity contribution in [2.24, 2.45) is 11.8 Å². The number of halogens is 8. The largest absolute Gasteiger partial charge is 0.479 e. The Morgan fingerprint density at radius 2 is 1.15 bits per heavy atom. The van der Waals surface area contributed by atoms with Crippen LogP contribution in [0.15, 0.2) is 42.6 Å². The molecule has 2 aromatic heterocycles. The molecule has 2 fully saturated rings. The van der Waals surface area contributed by atoms with Gasteiger partial charge in [-0.2, -0.15) is 17.6 Å². The fraction of sp³-hybridized carbons (Fsp3) is 0.381. The van der Waals surface area contributed by atoms with Crippen LogP contribution >= 0.6 is 0 Å². The monoisotopic (exact) mass is 876 g/mol. The molecule has 0 saturated heterocycles. The maximum absolute atomic E-state index is 14.3. The number of pyridine rings is 2. The lowest BCUT2D eigenvalue weighted by atomic mass is 9.89. The van der Waals surface area contributed by atoms with E-state index in [4.69, 9.17) is 20.9 Å². The van der Waals surface area contributed by atoms with Crippen molar-refractivity contribution in [3.05, 3.63) is 106 Å². The number of hydrogen-bond acceptors (Lipinski definition) is 10. The zero-order chi connectivity index (χ0) is 44.8. The van der Waals surface area contributed by atoms with Gasteiger partial charge in [0.05, 0.1) is 12.1 Å². The molecular formula is C42H40F8N6O6. The number of nitrogen functional groups attached to an aromatic ring is 2. The van der Waals surface area contributed by atoms with E-state index in [-0.39, 0.29) is 36.6 Å². The number of ether oxygens (including phenoxy) is 2. The molecule has 2 aromatic carbocycles. The zero-order valence-electron chi connectivity index (χ0n) is 32.7. The molecule has 0 bridgehead atoms. The fourth-order valence-corrected chi connectivity index (χ4v) is 7.69. The smallest absolute Gasteiger partial charge is 0.224 e. The van der Waals surface area contributed by atoms with Crippen molar-refractivity contribution in [1.29, 1.82) is 0 Å². The number of amides is 2. The summed E-state index contributed by atoms with van der Waals surface area (Å²) in [6.07, 6.45) is 4.74. The SMILES string of the molecule is Nc1ccc(CC(NC(=O)C2CCCC2c2cc(CC(NC(=O)C3CCCC3)C(=O)COc3c(F)c(F)cc(F)c3F)cc(N)n2)C(=O)COc2c(F)c(F)cc(F)c2F)cn1. The number of nitrogens with zero attached hydrogens (tertiary/aromatic N) is 2. The summed E-state index contributed by atoms with van der Waals surface area (Å²) in [5, 5.41) is 5.30. The molecule has 0 spiro atoms. The minimum Gasteiger partial charge on any atom is -0.479 e. The van der Waals surface area contributed by atoms with Gasteiger partial charge in [0.25, 0.3) is 0 Å². The average molecular weight is 877 g/mol. The van der Waals surface area contributed by atoms with Crippen molar-refractivity contribution >= 4 is 35.0 Å². The Kier molecular flexibility index (Phi) is 14.3. The van der Waals surface area contributed by atoms with Crippen LogP contribution in [0.2, 0.25) is 0 Å². The Labute approximate surface area is 348 Å². The first-order valence-electron chi connectivity index (χ1n) is 19.5. The van der Waals surface area contributed by atoms with E-state index in [1.807, 2.05) is 0 Å². The van der Waals surface area contributed by atoms with Crippen LogP contribution in [0, 0.1) is 58.4 Å². The molecule has 62 heavy (non-hydrogen) atoms. The highest BCUT2D eigenvalue weighted by Gasteiger charge is 2.38. The molecule has 330 valence electrons. The highest BCUT2D eigenvalue weighted by molar-refractivity contribution is 5.92. The first-order chi connectivity index (χ1) is 29.5. The van der Waals surface area contributed by atoms with E-state index < -0.39 is 124 Å². The summed E-state index contributed by atoms with van der Waals surface area (Å²) >= 11 is 0. The van der Waals surface area contributed by atoms with Gasteiger partial charge in [-0.15, -0.1) is 0 Å². The summed E-state index contributed by atoms with van der Waals surface area (Å²) in [4.78, 5) is 62.6. The third kappa shape index (κ3) is 10.6. The Morgan fingerprint density at radius 3 is 1.66 bits per heavy atom. The predicted molar refractivity (Wildman–Crippen MR) is 204 cm³/mol. The second-order valence-electron chi connectivity index (χ2n) is 15.2. The van der Waals surface area contributed by atoms with Crippen molar-refractivity contribution in [1.82, 2.24) is 20.6 Å². The van der Waals surface area contributed by atoms with Gasteiger partial charge in [0.15, 0.2) is 46.3 Å². The lowest BCUT2D eigenvalue weighted by Gasteiger charge is -2.24. The molecule has 2 aliphatic rings. The van der Waals surface area contributed by atoms with Crippen molar-refractivity contribution in [2.75, 3.05) is 24.7 Å². The van der Waals surface area contributed by atoms with Gasteiger partial charge in [0, 0.05) is 54.6 Å². The van der Waals surface area contributed by atoms with E-state index in [1.54, 1.807) is 6.07 Å². The molecule has 4 atom stereocenters. The van der Waals surface area contributed by atoms with E-state index in [1.165, 1.54) is 24.4 Å². The molecule has 2 saturated carbocycles. The van der Waals surface area contributed by atoms with Gasteiger partial charge in [-0.1, -0.05) is 25.3 Å². The Bertz CT molecular complexity index is 2300. The summed E-state index contributed by atoms with van der Waals surface area (Å²) < 4.78 is 122. The molecule has 2 amide bonds. The first-order valence-corrected chi connectivity index (χ1v) is 19.5. The number of rotatable bonds is 17. The number of Topliss-reactive ketones (excluding diaryl/α,β-unsaturated/α-hetero) is 2. The van der Waals surface area contributed by atoms with E-state index >= 15 is 0 Å². The van der Waals surface area contributed by atoms with Crippen molar-refractivity contribution in [3.8, 4) is 11.5 Å². The van der Waals surface area contributed by atoms with Crippen LogP contribution in [0.1, 0.15) is 67.7 Å². The van der Waals surface area contributed by atoms with Gasteiger partial charge in [-0.3, -0.25) is 19.2 Å². The van der Waals surface area contributed by atoms with Crippen molar-refractivity contribution in [2.45, 2.75) is 75.8 Å². The van der Waals surface area contributed by atoms with Gasteiger partial charge in [0.1, 0.15) is 24.8 Å². The Morgan fingerprint density at radius 1 is 0.629 bits per heavy atom. The normalized spacial score (nSPS) is 17.4.